The number of aromatic carboxylic acids is 1. The van der Waals surface area contributed by atoms with Gasteiger partial charge in [-0.15, -0.1) is 10.2 Å². The Hall–Kier alpha value is -1.69. The third-order valence-corrected chi connectivity index (χ3v) is 2.96. The summed E-state index contributed by atoms with van der Waals surface area (Å²) < 4.78 is 5.45. The van der Waals surface area contributed by atoms with E-state index in [2.05, 4.69) is 22.4 Å². The van der Waals surface area contributed by atoms with E-state index in [0.29, 0.717) is 11.7 Å². The van der Waals surface area contributed by atoms with Crippen LogP contribution in [0.1, 0.15) is 23.8 Å². The molecule has 0 aliphatic carbocycles. The van der Waals surface area contributed by atoms with Crippen LogP contribution in [0.4, 0.5) is 5.82 Å². The molecule has 2 heterocycles. The van der Waals surface area contributed by atoms with E-state index < -0.39 is 5.97 Å². The molecule has 2 unspecified atom stereocenters. The molecule has 1 aromatic rings. The standard InChI is InChI=1S/C11H15N3O3/c1-7-8(4-5-17-7)6-12-10-3-2-9(11(15)16)13-14-10/h2-3,7-8H,4-6H2,1H3,(H,12,14)(H,15,16). The lowest BCUT2D eigenvalue weighted by atomic mass is 10.0. The predicted molar refractivity (Wildman–Crippen MR) is 61.0 cm³/mol. The minimum absolute atomic E-state index is 0.0480. The summed E-state index contributed by atoms with van der Waals surface area (Å²) in [7, 11) is 0. The van der Waals surface area contributed by atoms with E-state index in [-0.39, 0.29) is 11.8 Å². The van der Waals surface area contributed by atoms with Crippen molar-refractivity contribution in [3.63, 3.8) is 0 Å². The first-order valence-electron chi connectivity index (χ1n) is 5.59. The van der Waals surface area contributed by atoms with Gasteiger partial charge in [0.1, 0.15) is 5.82 Å². The molecule has 1 fully saturated rings. The van der Waals surface area contributed by atoms with Crippen molar-refractivity contribution in [1.82, 2.24) is 10.2 Å². The first kappa shape index (κ1) is 11.8. The smallest absolute Gasteiger partial charge is 0.356 e. The molecule has 0 amide bonds. The van der Waals surface area contributed by atoms with Crippen LogP contribution in [-0.2, 0) is 4.74 Å². The second kappa shape index (κ2) is 5.09. The van der Waals surface area contributed by atoms with Gasteiger partial charge in [-0.3, -0.25) is 0 Å². The van der Waals surface area contributed by atoms with Crippen molar-refractivity contribution in [2.45, 2.75) is 19.4 Å². The number of anilines is 1. The van der Waals surface area contributed by atoms with Crippen molar-refractivity contribution in [3.05, 3.63) is 17.8 Å². The number of ether oxygens (including phenoxy) is 1. The molecule has 1 aliphatic rings. The van der Waals surface area contributed by atoms with Crippen molar-refractivity contribution in [1.29, 1.82) is 0 Å². The molecule has 0 spiro atoms. The predicted octanol–water partition coefficient (Wildman–Crippen LogP) is 1.01. The average Bonchev–Trinajstić information content (AvgIpc) is 2.73. The quantitative estimate of drug-likeness (QED) is 0.813. The van der Waals surface area contributed by atoms with Crippen LogP contribution in [0.3, 0.4) is 0 Å². The summed E-state index contributed by atoms with van der Waals surface area (Å²) in [6.07, 6.45) is 1.29. The molecule has 2 N–H and O–H groups in total. The van der Waals surface area contributed by atoms with Gasteiger partial charge in [0.05, 0.1) is 6.10 Å². The van der Waals surface area contributed by atoms with Crippen LogP contribution < -0.4 is 5.32 Å². The van der Waals surface area contributed by atoms with Crippen LogP contribution in [-0.4, -0.2) is 40.5 Å². The molecule has 1 aliphatic heterocycles. The van der Waals surface area contributed by atoms with Crippen molar-refractivity contribution >= 4 is 11.8 Å². The summed E-state index contributed by atoms with van der Waals surface area (Å²) in [6.45, 7) is 3.62. The maximum atomic E-state index is 10.6. The molecule has 6 heteroatoms. The van der Waals surface area contributed by atoms with Gasteiger partial charge < -0.3 is 15.2 Å². The molecule has 2 rings (SSSR count). The zero-order valence-corrected chi connectivity index (χ0v) is 9.59. The van der Waals surface area contributed by atoms with Gasteiger partial charge in [-0.25, -0.2) is 4.79 Å². The van der Waals surface area contributed by atoms with E-state index in [0.717, 1.165) is 19.6 Å². The van der Waals surface area contributed by atoms with Crippen molar-refractivity contribution in [3.8, 4) is 0 Å². The molecule has 0 saturated carbocycles. The van der Waals surface area contributed by atoms with Gasteiger partial charge in [-0.1, -0.05) is 0 Å². The average molecular weight is 237 g/mol. The fraction of sp³-hybridized carbons (Fsp3) is 0.545. The summed E-state index contributed by atoms with van der Waals surface area (Å²) >= 11 is 0. The molecule has 6 nitrogen and oxygen atoms in total. The highest BCUT2D eigenvalue weighted by molar-refractivity contribution is 5.85. The Morgan fingerprint density at radius 3 is 2.94 bits per heavy atom. The minimum Gasteiger partial charge on any atom is -0.476 e. The van der Waals surface area contributed by atoms with E-state index in [1.807, 2.05) is 0 Å². The molecule has 92 valence electrons. The second-order valence-corrected chi connectivity index (χ2v) is 4.11. The van der Waals surface area contributed by atoms with E-state index in [1.54, 1.807) is 6.07 Å². The number of carbonyl (C=O) groups is 1. The number of hydrogen-bond donors (Lipinski definition) is 2. The zero-order valence-electron chi connectivity index (χ0n) is 9.59. The van der Waals surface area contributed by atoms with E-state index in [4.69, 9.17) is 9.84 Å². The first-order valence-corrected chi connectivity index (χ1v) is 5.59. The third-order valence-electron chi connectivity index (χ3n) is 2.96. The fourth-order valence-corrected chi connectivity index (χ4v) is 1.82. The number of rotatable bonds is 4. The Kier molecular flexibility index (Phi) is 3.53. The summed E-state index contributed by atoms with van der Waals surface area (Å²) in [6, 6.07) is 3.06. The van der Waals surface area contributed by atoms with E-state index >= 15 is 0 Å². The lowest BCUT2D eigenvalue weighted by molar-refractivity contribution is 0.0689. The van der Waals surface area contributed by atoms with Crippen molar-refractivity contribution in [2.75, 3.05) is 18.5 Å². The van der Waals surface area contributed by atoms with Crippen molar-refractivity contribution < 1.29 is 14.6 Å². The molecule has 1 saturated heterocycles. The molecule has 0 bridgehead atoms. The number of carboxylic acids is 1. The van der Waals surface area contributed by atoms with E-state index in [1.165, 1.54) is 6.07 Å². The van der Waals surface area contributed by atoms with Crippen LogP contribution in [0, 0.1) is 5.92 Å². The molecule has 0 aromatic carbocycles. The van der Waals surface area contributed by atoms with Crippen LogP contribution >= 0.6 is 0 Å². The summed E-state index contributed by atoms with van der Waals surface area (Å²) in [4.78, 5) is 10.6. The third kappa shape index (κ3) is 2.91. The van der Waals surface area contributed by atoms with Gasteiger partial charge in [-0.2, -0.15) is 0 Å². The molecule has 17 heavy (non-hydrogen) atoms. The Morgan fingerprint density at radius 1 is 1.59 bits per heavy atom. The van der Waals surface area contributed by atoms with Crippen LogP contribution in [0.25, 0.3) is 0 Å². The van der Waals surface area contributed by atoms with Gasteiger partial charge in [0, 0.05) is 19.1 Å². The number of aromatic nitrogens is 2. The Balaban J connectivity index is 1.88. The molecular weight excluding hydrogens is 222 g/mol. The maximum Gasteiger partial charge on any atom is 0.356 e. The number of hydrogen-bond acceptors (Lipinski definition) is 5. The first-order chi connectivity index (χ1) is 8.16. The molecular formula is C11H15N3O3. The molecule has 2 atom stereocenters. The Morgan fingerprint density at radius 2 is 2.41 bits per heavy atom. The SMILES string of the molecule is CC1OCCC1CNc1ccc(C(=O)O)nn1. The van der Waals surface area contributed by atoms with Gasteiger partial charge in [-0.05, 0) is 25.5 Å². The number of nitrogens with zero attached hydrogens (tertiary/aromatic N) is 2. The molecule has 0 radical (unpaired) electrons. The zero-order chi connectivity index (χ0) is 12.3. The van der Waals surface area contributed by atoms with Gasteiger partial charge in [0.2, 0.25) is 0 Å². The number of carboxylic acid groups (broad SMARTS) is 1. The van der Waals surface area contributed by atoms with Crippen LogP contribution in [0.5, 0.6) is 0 Å². The largest absolute Gasteiger partial charge is 0.476 e. The normalized spacial score (nSPS) is 23.6. The topological polar surface area (TPSA) is 84.3 Å². The van der Waals surface area contributed by atoms with Gasteiger partial charge in [0.25, 0.3) is 0 Å². The van der Waals surface area contributed by atoms with Gasteiger partial charge in [0.15, 0.2) is 5.69 Å². The summed E-state index contributed by atoms with van der Waals surface area (Å²) in [5, 5.41) is 19.2. The van der Waals surface area contributed by atoms with Crippen LogP contribution in [0.15, 0.2) is 12.1 Å². The highest BCUT2D eigenvalue weighted by atomic mass is 16.5. The van der Waals surface area contributed by atoms with Crippen LogP contribution in [0.2, 0.25) is 0 Å². The fourth-order valence-electron chi connectivity index (χ4n) is 1.82. The lowest BCUT2D eigenvalue weighted by Gasteiger charge is -2.14. The molecule has 1 aromatic heterocycles. The highest BCUT2D eigenvalue weighted by Gasteiger charge is 2.23. The number of nitrogens with one attached hydrogen (secondary N) is 1. The minimum atomic E-state index is -1.07. The lowest BCUT2D eigenvalue weighted by Crippen LogP contribution is -2.21. The Bertz CT molecular complexity index is 393. The summed E-state index contributed by atoms with van der Waals surface area (Å²) in [5.74, 6) is -0.00749. The highest BCUT2D eigenvalue weighted by Crippen LogP contribution is 2.20. The van der Waals surface area contributed by atoms with Crippen molar-refractivity contribution in [2.24, 2.45) is 5.92 Å². The second-order valence-electron chi connectivity index (χ2n) is 4.11. The summed E-state index contributed by atoms with van der Waals surface area (Å²) in [5.41, 5.74) is -0.0480. The monoisotopic (exact) mass is 237 g/mol. The van der Waals surface area contributed by atoms with Gasteiger partial charge >= 0.3 is 5.97 Å². The Labute approximate surface area is 99.0 Å². The maximum absolute atomic E-state index is 10.6. The van der Waals surface area contributed by atoms with E-state index in [9.17, 15) is 4.79 Å².